The van der Waals surface area contributed by atoms with Gasteiger partial charge in [-0.1, -0.05) is 50.2 Å². The summed E-state index contributed by atoms with van der Waals surface area (Å²) in [6.45, 7) is 5.40. The number of benzene rings is 2. The predicted octanol–water partition coefficient (Wildman–Crippen LogP) is 3.92. The molecule has 0 fully saturated rings. The van der Waals surface area contributed by atoms with Crippen molar-refractivity contribution in [2.24, 2.45) is 11.7 Å². The van der Waals surface area contributed by atoms with Crippen molar-refractivity contribution in [1.29, 1.82) is 0 Å². The second-order valence-corrected chi connectivity index (χ2v) is 7.13. The van der Waals surface area contributed by atoms with Crippen LogP contribution in [0.1, 0.15) is 31.4 Å². The van der Waals surface area contributed by atoms with Crippen molar-refractivity contribution in [3.05, 3.63) is 66.0 Å². The molecule has 0 spiro atoms. The van der Waals surface area contributed by atoms with Crippen molar-refractivity contribution in [2.75, 3.05) is 0 Å². The van der Waals surface area contributed by atoms with E-state index in [0.29, 0.717) is 18.9 Å². The van der Waals surface area contributed by atoms with E-state index in [4.69, 9.17) is 5.73 Å². The number of amides is 1. The minimum atomic E-state index is -0.441. The summed E-state index contributed by atoms with van der Waals surface area (Å²) < 4.78 is 2.14. The average Bonchev–Trinajstić information content (AvgIpc) is 3.03. The molecule has 3 rings (SSSR count). The smallest absolute Gasteiger partial charge is 0.237 e. The van der Waals surface area contributed by atoms with Crippen LogP contribution >= 0.6 is 24.8 Å². The van der Waals surface area contributed by atoms with Crippen LogP contribution in [0.2, 0.25) is 0 Å². The molecule has 0 bridgehead atoms. The van der Waals surface area contributed by atoms with Crippen LogP contribution in [0.15, 0.2) is 54.9 Å². The zero-order chi connectivity index (χ0) is 18.5. The number of imidazole rings is 1. The minimum Gasteiger partial charge on any atom is -0.351 e. The van der Waals surface area contributed by atoms with E-state index in [2.05, 4.69) is 46.9 Å². The number of hydrogen-bond acceptors (Lipinski definition) is 3. The first-order chi connectivity index (χ1) is 12.5. The van der Waals surface area contributed by atoms with Crippen LogP contribution in [0.25, 0.3) is 11.0 Å². The van der Waals surface area contributed by atoms with Gasteiger partial charge in [-0.25, -0.2) is 4.98 Å². The Morgan fingerprint density at radius 3 is 2.39 bits per heavy atom. The van der Waals surface area contributed by atoms with Crippen molar-refractivity contribution in [3.63, 3.8) is 0 Å². The molecule has 0 saturated heterocycles. The van der Waals surface area contributed by atoms with E-state index >= 15 is 0 Å². The van der Waals surface area contributed by atoms with Crippen molar-refractivity contribution in [1.82, 2.24) is 14.9 Å². The number of rotatable bonds is 7. The maximum Gasteiger partial charge on any atom is 0.237 e. The molecule has 0 saturated carbocycles. The fraction of sp³-hybridized carbons (Fsp3) is 0.333. The van der Waals surface area contributed by atoms with Gasteiger partial charge in [0.1, 0.15) is 0 Å². The number of halogens is 2. The number of nitrogens with one attached hydrogen (secondary N) is 1. The quantitative estimate of drug-likeness (QED) is 0.605. The van der Waals surface area contributed by atoms with Gasteiger partial charge in [-0.05, 0) is 35.6 Å². The molecule has 152 valence electrons. The maximum absolute atomic E-state index is 12.0. The Kier molecular flexibility index (Phi) is 9.46. The molecule has 1 amide bonds. The summed E-state index contributed by atoms with van der Waals surface area (Å²) in [6, 6.07) is 15.9. The van der Waals surface area contributed by atoms with Crippen LogP contribution in [0, 0.1) is 5.92 Å². The van der Waals surface area contributed by atoms with E-state index in [1.807, 2.05) is 36.7 Å². The van der Waals surface area contributed by atoms with Gasteiger partial charge in [0.25, 0.3) is 0 Å². The summed E-state index contributed by atoms with van der Waals surface area (Å²) >= 11 is 0. The molecule has 0 aliphatic rings. The number of aromatic nitrogens is 2. The molecule has 3 N–H and O–H groups in total. The first kappa shape index (κ1) is 24.0. The summed E-state index contributed by atoms with van der Waals surface area (Å²) in [5.74, 6) is 0.321. The van der Waals surface area contributed by atoms with Crippen LogP contribution in [0.5, 0.6) is 0 Å². The van der Waals surface area contributed by atoms with E-state index in [9.17, 15) is 4.79 Å². The van der Waals surface area contributed by atoms with E-state index < -0.39 is 6.04 Å². The largest absolute Gasteiger partial charge is 0.351 e. The van der Waals surface area contributed by atoms with E-state index in [-0.39, 0.29) is 30.7 Å². The summed E-state index contributed by atoms with van der Waals surface area (Å²) in [4.78, 5) is 16.4. The first-order valence-corrected chi connectivity index (χ1v) is 9.04. The van der Waals surface area contributed by atoms with Crippen LogP contribution < -0.4 is 11.1 Å². The molecule has 28 heavy (non-hydrogen) atoms. The van der Waals surface area contributed by atoms with Gasteiger partial charge in [-0.3, -0.25) is 4.79 Å². The van der Waals surface area contributed by atoms with Gasteiger partial charge < -0.3 is 15.6 Å². The molecule has 2 aromatic carbocycles. The molecule has 7 heteroatoms. The van der Waals surface area contributed by atoms with Gasteiger partial charge in [-0.15, -0.1) is 24.8 Å². The molecule has 0 radical (unpaired) electrons. The molecule has 1 heterocycles. The third-order valence-electron chi connectivity index (χ3n) is 4.43. The van der Waals surface area contributed by atoms with Crippen molar-refractivity contribution in [2.45, 2.75) is 39.4 Å². The third kappa shape index (κ3) is 6.23. The Bertz CT molecular complexity index is 878. The fourth-order valence-corrected chi connectivity index (χ4v) is 3.03. The van der Waals surface area contributed by atoms with Gasteiger partial charge in [0.05, 0.1) is 23.4 Å². The van der Waals surface area contributed by atoms with Crippen LogP contribution in [0.3, 0.4) is 0 Å². The van der Waals surface area contributed by atoms with Gasteiger partial charge in [0.15, 0.2) is 0 Å². The van der Waals surface area contributed by atoms with Crippen molar-refractivity contribution >= 4 is 41.8 Å². The number of carbonyl (C=O) groups is 1. The van der Waals surface area contributed by atoms with Crippen LogP contribution in [0.4, 0.5) is 0 Å². The van der Waals surface area contributed by atoms with Crippen molar-refractivity contribution < 1.29 is 4.79 Å². The molecule has 5 nitrogen and oxygen atoms in total. The Morgan fingerprint density at radius 2 is 1.71 bits per heavy atom. The Morgan fingerprint density at radius 1 is 1.07 bits per heavy atom. The summed E-state index contributed by atoms with van der Waals surface area (Å²) in [7, 11) is 0. The number of para-hydroxylation sites is 2. The maximum atomic E-state index is 12.0. The zero-order valence-corrected chi connectivity index (χ0v) is 17.8. The molecule has 3 aromatic rings. The van der Waals surface area contributed by atoms with E-state index in [1.54, 1.807) is 0 Å². The monoisotopic (exact) mass is 422 g/mol. The third-order valence-corrected chi connectivity index (χ3v) is 4.43. The summed E-state index contributed by atoms with van der Waals surface area (Å²) in [5.41, 5.74) is 10.3. The molecule has 0 aliphatic carbocycles. The van der Waals surface area contributed by atoms with Crippen molar-refractivity contribution in [3.8, 4) is 0 Å². The lowest BCUT2D eigenvalue weighted by molar-refractivity contribution is -0.122. The van der Waals surface area contributed by atoms with Gasteiger partial charge in [-0.2, -0.15) is 0 Å². The van der Waals surface area contributed by atoms with E-state index in [1.165, 1.54) is 5.56 Å². The second kappa shape index (κ2) is 11.1. The highest BCUT2D eigenvalue weighted by Gasteiger charge is 2.14. The molecule has 1 aromatic heterocycles. The lowest BCUT2D eigenvalue weighted by Gasteiger charge is -2.14. The number of nitrogens with two attached hydrogens (primary N) is 1. The first-order valence-electron chi connectivity index (χ1n) is 9.04. The fourth-order valence-electron chi connectivity index (χ4n) is 3.03. The predicted molar refractivity (Wildman–Crippen MR) is 119 cm³/mol. The van der Waals surface area contributed by atoms with Gasteiger partial charge in [0, 0.05) is 13.1 Å². The number of carbonyl (C=O) groups excluding carboxylic acids is 1. The molecular weight excluding hydrogens is 395 g/mol. The SMILES string of the molecule is CC(C)C[C@H](N)C(=O)NCc1ccc(Cn2cnc3ccccc32)cc1.Cl.Cl. The molecular formula is C21H28Cl2N4O. The van der Waals surface area contributed by atoms with Gasteiger partial charge in [0.2, 0.25) is 5.91 Å². The second-order valence-electron chi connectivity index (χ2n) is 7.13. The number of fused-ring (bicyclic) bond motifs is 1. The highest BCUT2D eigenvalue weighted by atomic mass is 35.5. The Balaban J connectivity index is 0.00000196. The highest BCUT2D eigenvalue weighted by Crippen LogP contribution is 2.14. The minimum absolute atomic E-state index is 0. The molecule has 1 atom stereocenters. The molecule has 0 unspecified atom stereocenters. The standard InChI is InChI=1S/C21H26N4O.2ClH/c1-15(2)11-18(22)21(26)23-12-16-7-9-17(10-8-16)13-25-14-24-19-5-3-4-6-20(19)25;;/h3-10,14-15,18H,11-13,22H2,1-2H3,(H,23,26);2*1H/t18-;;/m0../s1. The zero-order valence-electron chi connectivity index (χ0n) is 16.2. The summed E-state index contributed by atoms with van der Waals surface area (Å²) in [6.07, 6.45) is 2.57. The lowest BCUT2D eigenvalue weighted by atomic mass is 10.0. The van der Waals surface area contributed by atoms with Crippen LogP contribution in [-0.2, 0) is 17.9 Å². The normalized spacial score (nSPS) is 11.6. The Hall–Kier alpha value is -2.08. The highest BCUT2D eigenvalue weighted by molar-refractivity contribution is 5.85. The number of hydrogen-bond donors (Lipinski definition) is 2. The molecule has 0 aliphatic heterocycles. The van der Waals surface area contributed by atoms with Crippen LogP contribution in [-0.4, -0.2) is 21.5 Å². The summed E-state index contributed by atoms with van der Waals surface area (Å²) in [5, 5.41) is 2.91. The van der Waals surface area contributed by atoms with E-state index in [0.717, 1.165) is 23.1 Å². The lowest BCUT2D eigenvalue weighted by Crippen LogP contribution is -2.41. The number of nitrogens with zero attached hydrogens (tertiary/aromatic N) is 2. The average molecular weight is 423 g/mol. The van der Waals surface area contributed by atoms with Gasteiger partial charge >= 0.3 is 0 Å². The Labute approximate surface area is 178 Å². The topological polar surface area (TPSA) is 72.9 Å².